The molecule has 29 heavy (non-hydrogen) atoms. The van der Waals surface area contributed by atoms with Crippen LogP contribution < -0.4 is 0 Å². The first-order chi connectivity index (χ1) is 13.6. The summed E-state index contributed by atoms with van der Waals surface area (Å²) in [5.41, 5.74) is 0.416. The van der Waals surface area contributed by atoms with Gasteiger partial charge >= 0.3 is 5.97 Å². The van der Waals surface area contributed by atoms with Gasteiger partial charge in [0.1, 0.15) is 6.10 Å². The van der Waals surface area contributed by atoms with E-state index in [1.807, 2.05) is 0 Å². The summed E-state index contributed by atoms with van der Waals surface area (Å²) in [5, 5.41) is 9.20. The van der Waals surface area contributed by atoms with Crippen LogP contribution in [-0.2, 0) is 9.53 Å². The molecular weight excluding hydrogens is 360 g/mol. The van der Waals surface area contributed by atoms with E-state index in [1.54, 1.807) is 6.92 Å². The van der Waals surface area contributed by atoms with Crippen molar-refractivity contribution in [2.45, 2.75) is 119 Å². The lowest BCUT2D eigenvalue weighted by atomic mass is 9.83. The average Bonchev–Trinajstić information content (AvgIpc) is 2.69. The Morgan fingerprint density at radius 2 is 1.34 bits per heavy atom. The van der Waals surface area contributed by atoms with E-state index in [4.69, 9.17) is 4.74 Å². The third kappa shape index (κ3) is 17.7. The zero-order valence-corrected chi connectivity index (χ0v) is 20.9. The Morgan fingerprint density at radius 1 is 0.862 bits per heavy atom. The third-order valence-corrected chi connectivity index (χ3v) is 6.14. The molecule has 0 aliphatic carbocycles. The second-order valence-electron chi connectivity index (χ2n) is 9.28. The van der Waals surface area contributed by atoms with Gasteiger partial charge in [-0.3, -0.25) is 0 Å². The highest BCUT2D eigenvalue weighted by atomic mass is 16.5. The van der Waals surface area contributed by atoms with E-state index in [-0.39, 0.29) is 18.7 Å². The maximum atomic E-state index is 11.7. The largest absolute Gasteiger partial charge is 0.459 e. The lowest BCUT2D eigenvalue weighted by Gasteiger charge is -2.25. The molecule has 0 rings (SSSR count). The molecule has 0 saturated heterocycles. The lowest BCUT2D eigenvalue weighted by Crippen LogP contribution is -2.23. The average molecular weight is 413 g/mol. The Labute approximate surface area is 182 Å². The quantitative estimate of drug-likeness (QED) is 0.223. The summed E-state index contributed by atoms with van der Waals surface area (Å²) in [6, 6.07) is 0. The Hall–Kier alpha value is -0.830. The minimum atomic E-state index is -0.349. The van der Waals surface area contributed by atoms with Gasteiger partial charge in [-0.2, -0.15) is 0 Å². The molecule has 0 aliphatic rings. The Kier molecular flexibility index (Phi) is 20.1. The number of rotatable bonds is 15. The number of aliphatic hydroxyl groups is 1. The molecular formula is C26H52O3. The fourth-order valence-electron chi connectivity index (χ4n) is 3.06. The molecule has 0 aromatic carbocycles. The summed E-state index contributed by atoms with van der Waals surface area (Å²) in [6.45, 7) is 21.3. The fourth-order valence-corrected chi connectivity index (χ4v) is 3.06. The molecule has 1 N–H and O–H groups in total. The van der Waals surface area contributed by atoms with Crippen LogP contribution in [0.5, 0.6) is 0 Å². The second-order valence-corrected chi connectivity index (χ2v) is 9.28. The molecule has 3 heteroatoms. The number of esters is 1. The van der Waals surface area contributed by atoms with Crippen molar-refractivity contribution in [3.8, 4) is 0 Å². The van der Waals surface area contributed by atoms with Gasteiger partial charge in [-0.05, 0) is 37.0 Å². The number of carbonyl (C=O) groups excluding carboxylic acids is 1. The van der Waals surface area contributed by atoms with Crippen LogP contribution in [0.1, 0.15) is 113 Å². The van der Waals surface area contributed by atoms with E-state index in [0.717, 1.165) is 30.6 Å². The number of hydrogen-bond acceptors (Lipinski definition) is 3. The molecule has 0 aromatic rings. The maximum absolute atomic E-state index is 11.7. The summed E-state index contributed by atoms with van der Waals surface area (Å²) < 4.78 is 5.46. The predicted octanol–water partition coefficient (Wildman–Crippen LogP) is 7.57. The smallest absolute Gasteiger partial charge is 0.333 e. The van der Waals surface area contributed by atoms with Gasteiger partial charge < -0.3 is 9.84 Å². The van der Waals surface area contributed by atoms with E-state index >= 15 is 0 Å². The van der Waals surface area contributed by atoms with Gasteiger partial charge in [0, 0.05) is 18.6 Å². The molecule has 174 valence electrons. The molecule has 0 heterocycles. The van der Waals surface area contributed by atoms with Crippen LogP contribution in [0.2, 0.25) is 0 Å². The number of ether oxygens (including phenoxy) is 1. The first kappa shape index (κ1) is 30.4. The molecule has 5 atom stereocenters. The Morgan fingerprint density at radius 3 is 1.72 bits per heavy atom. The second kappa shape index (κ2) is 19.2. The highest BCUT2D eigenvalue weighted by molar-refractivity contribution is 5.87. The molecule has 0 amide bonds. The van der Waals surface area contributed by atoms with Gasteiger partial charge in [-0.15, -0.1) is 0 Å². The van der Waals surface area contributed by atoms with Crippen molar-refractivity contribution in [1.29, 1.82) is 0 Å². The van der Waals surface area contributed by atoms with Crippen LogP contribution >= 0.6 is 0 Å². The zero-order chi connectivity index (χ0) is 22.8. The first-order valence-electron chi connectivity index (χ1n) is 12.1. The number of aliphatic hydroxyl groups excluding tert-OH is 1. The van der Waals surface area contributed by atoms with E-state index in [0.29, 0.717) is 17.9 Å². The molecule has 0 saturated carbocycles. The number of hydrogen-bond donors (Lipinski definition) is 1. The van der Waals surface area contributed by atoms with E-state index < -0.39 is 0 Å². The van der Waals surface area contributed by atoms with Crippen molar-refractivity contribution >= 4 is 5.97 Å². The zero-order valence-electron chi connectivity index (χ0n) is 20.9. The molecule has 0 aliphatic heterocycles. The third-order valence-electron chi connectivity index (χ3n) is 6.14. The van der Waals surface area contributed by atoms with E-state index in [9.17, 15) is 9.90 Å². The summed E-state index contributed by atoms with van der Waals surface area (Å²) in [7, 11) is 0. The van der Waals surface area contributed by atoms with E-state index in [1.165, 1.54) is 38.5 Å². The Balaban J connectivity index is 0. The topological polar surface area (TPSA) is 46.5 Å². The van der Waals surface area contributed by atoms with Crippen molar-refractivity contribution in [3.05, 3.63) is 12.2 Å². The van der Waals surface area contributed by atoms with Crippen molar-refractivity contribution in [2.24, 2.45) is 23.7 Å². The highest BCUT2D eigenvalue weighted by Gasteiger charge is 2.20. The molecule has 0 radical (unpaired) electrons. The summed E-state index contributed by atoms with van der Waals surface area (Å²) >= 11 is 0. The van der Waals surface area contributed by atoms with E-state index in [2.05, 4.69) is 55.0 Å². The van der Waals surface area contributed by atoms with Crippen LogP contribution in [-0.4, -0.2) is 23.8 Å². The first-order valence-corrected chi connectivity index (χ1v) is 12.1. The number of carbonyl (C=O) groups is 1. The number of unbranched alkanes of at least 4 members (excludes halogenated alkanes) is 1. The van der Waals surface area contributed by atoms with Gasteiger partial charge in [-0.1, -0.05) is 100.0 Å². The van der Waals surface area contributed by atoms with Crippen LogP contribution in [0.3, 0.4) is 0 Å². The molecule has 0 fully saturated rings. The van der Waals surface area contributed by atoms with Gasteiger partial charge in [-0.25, -0.2) is 4.79 Å². The summed E-state index contributed by atoms with van der Waals surface area (Å²) in [4.78, 5) is 11.7. The molecule has 3 nitrogen and oxygen atoms in total. The van der Waals surface area contributed by atoms with Crippen LogP contribution in [0.15, 0.2) is 12.2 Å². The normalized spacial score (nSPS) is 16.0. The summed E-state index contributed by atoms with van der Waals surface area (Å²) in [6.07, 6.45) is 10.0. The van der Waals surface area contributed by atoms with Gasteiger partial charge in [0.2, 0.25) is 0 Å². The minimum Gasteiger partial charge on any atom is -0.459 e. The fraction of sp³-hybridized carbons (Fsp3) is 0.885. The van der Waals surface area contributed by atoms with Crippen molar-refractivity contribution < 1.29 is 14.6 Å². The standard InChI is InChI=1S/C22H42O3.C4H10/c1-8-17(4)9-11-19(6)20(7)12-10-18(5)15-21(13-14-23)25-22(24)16(2)3;1-3-4-2/h17-21,23H,2,8-15H2,1,3-7H3;3-4H2,1-2H3. The van der Waals surface area contributed by atoms with Crippen molar-refractivity contribution in [2.75, 3.05) is 6.61 Å². The molecule has 5 unspecified atom stereocenters. The SMILES string of the molecule is C=C(C)C(=O)OC(CCO)CC(C)CCC(C)C(C)CCC(C)CC.CCCC. The van der Waals surface area contributed by atoms with Crippen LogP contribution in [0.25, 0.3) is 0 Å². The van der Waals surface area contributed by atoms with Gasteiger partial charge in [0.25, 0.3) is 0 Å². The monoisotopic (exact) mass is 412 g/mol. The predicted molar refractivity (Wildman–Crippen MR) is 127 cm³/mol. The van der Waals surface area contributed by atoms with Gasteiger partial charge in [0.15, 0.2) is 0 Å². The molecule has 0 spiro atoms. The molecule has 0 bridgehead atoms. The maximum Gasteiger partial charge on any atom is 0.333 e. The lowest BCUT2D eigenvalue weighted by molar-refractivity contribution is -0.145. The van der Waals surface area contributed by atoms with Gasteiger partial charge in [0.05, 0.1) is 0 Å². The van der Waals surface area contributed by atoms with Crippen molar-refractivity contribution in [3.63, 3.8) is 0 Å². The van der Waals surface area contributed by atoms with Crippen molar-refractivity contribution in [1.82, 2.24) is 0 Å². The Bertz CT molecular complexity index is 403. The van der Waals surface area contributed by atoms with Crippen LogP contribution in [0, 0.1) is 23.7 Å². The van der Waals surface area contributed by atoms with Crippen LogP contribution in [0.4, 0.5) is 0 Å². The molecule has 0 aromatic heterocycles. The minimum absolute atomic E-state index is 0.0455. The summed E-state index contributed by atoms with van der Waals surface area (Å²) in [5.74, 6) is 2.45. The highest BCUT2D eigenvalue weighted by Crippen LogP contribution is 2.27.